The Morgan fingerprint density at radius 1 is 1.21 bits per heavy atom. The second-order valence-electron chi connectivity index (χ2n) is 7.17. The summed E-state index contributed by atoms with van der Waals surface area (Å²) in [5.41, 5.74) is 3.63. The van der Waals surface area contributed by atoms with Crippen molar-refractivity contribution in [2.24, 2.45) is 0 Å². The van der Waals surface area contributed by atoms with Crippen LogP contribution in [0.5, 0.6) is 5.88 Å². The van der Waals surface area contributed by atoms with Gasteiger partial charge < -0.3 is 14.7 Å². The molecule has 2 heterocycles. The molecule has 0 amide bonds. The lowest BCUT2D eigenvalue weighted by atomic mass is 10.0. The molecule has 3 aromatic rings. The Labute approximate surface area is 174 Å². The summed E-state index contributed by atoms with van der Waals surface area (Å²) >= 11 is 6.28. The quantitative estimate of drug-likeness (QED) is 0.638. The highest BCUT2D eigenvalue weighted by Crippen LogP contribution is 2.33. The molecule has 0 saturated carbocycles. The number of aryl methyl sites for hydroxylation is 1. The lowest BCUT2D eigenvalue weighted by Gasteiger charge is -2.21. The van der Waals surface area contributed by atoms with Crippen molar-refractivity contribution in [3.63, 3.8) is 0 Å². The van der Waals surface area contributed by atoms with E-state index in [1.54, 1.807) is 18.3 Å². The average Bonchev–Trinajstić information content (AvgIpc) is 3.18. The van der Waals surface area contributed by atoms with E-state index in [2.05, 4.69) is 9.88 Å². The molecule has 148 valence electrons. The Morgan fingerprint density at radius 3 is 2.76 bits per heavy atom. The van der Waals surface area contributed by atoms with Crippen molar-refractivity contribution < 1.29 is 14.6 Å². The van der Waals surface area contributed by atoms with E-state index in [0.29, 0.717) is 23.1 Å². The van der Waals surface area contributed by atoms with Crippen molar-refractivity contribution in [2.75, 3.05) is 18.0 Å². The third-order valence-electron chi connectivity index (χ3n) is 5.07. The van der Waals surface area contributed by atoms with E-state index in [-0.39, 0.29) is 11.7 Å². The number of hydrogen-bond donors (Lipinski definition) is 1. The molecule has 1 saturated heterocycles. The number of pyridine rings is 1. The van der Waals surface area contributed by atoms with E-state index in [1.165, 1.54) is 0 Å². The predicted octanol–water partition coefficient (Wildman–Crippen LogP) is 5.07. The lowest BCUT2D eigenvalue weighted by molar-refractivity contribution is 0.0697. The molecule has 0 unspecified atom stereocenters. The van der Waals surface area contributed by atoms with Crippen LogP contribution in [0.15, 0.2) is 60.8 Å². The molecule has 29 heavy (non-hydrogen) atoms. The molecule has 0 spiro atoms. The van der Waals surface area contributed by atoms with Gasteiger partial charge in [0.05, 0.1) is 17.8 Å². The molecule has 1 aromatic heterocycles. The summed E-state index contributed by atoms with van der Waals surface area (Å²) in [7, 11) is 0. The Morgan fingerprint density at radius 2 is 2.03 bits per heavy atom. The first-order chi connectivity index (χ1) is 14.0. The van der Waals surface area contributed by atoms with Crippen LogP contribution in [0.25, 0.3) is 11.1 Å². The molecule has 6 heteroatoms. The zero-order chi connectivity index (χ0) is 20.4. The zero-order valence-corrected chi connectivity index (χ0v) is 16.8. The first-order valence-electron chi connectivity index (χ1n) is 9.48. The number of nitrogens with zero attached hydrogens (tertiary/aromatic N) is 2. The maximum atomic E-state index is 12.0. The number of benzene rings is 2. The standard InChI is InChI=1S/C23H21ClN2O3/c1-15-6-9-22(25-13-15)29-17-10-11-26(14-17)21-8-7-16(12-19(21)23(27)28)18-4-2-3-5-20(18)24/h2-9,12-13,17H,10-11,14H2,1H3,(H,27,28)/t17-/m0/s1. The molecule has 4 rings (SSSR count). The number of halogens is 1. The minimum Gasteiger partial charge on any atom is -0.478 e. The van der Waals surface area contributed by atoms with E-state index in [4.69, 9.17) is 16.3 Å². The SMILES string of the molecule is Cc1ccc(O[C@H]2CCN(c3ccc(-c4ccccc4Cl)cc3C(=O)O)C2)nc1. The van der Waals surface area contributed by atoms with Gasteiger partial charge in [-0.1, -0.05) is 41.9 Å². The van der Waals surface area contributed by atoms with Gasteiger partial charge in [0.15, 0.2) is 0 Å². The van der Waals surface area contributed by atoms with Crippen molar-refractivity contribution in [2.45, 2.75) is 19.4 Å². The van der Waals surface area contributed by atoms with Crippen molar-refractivity contribution in [3.05, 3.63) is 76.9 Å². The Hall–Kier alpha value is -3.05. The normalized spacial score (nSPS) is 16.1. The van der Waals surface area contributed by atoms with Crippen LogP contribution in [0.2, 0.25) is 5.02 Å². The van der Waals surface area contributed by atoms with Gasteiger partial charge in [0.1, 0.15) is 6.10 Å². The number of aromatic carboxylic acids is 1. The van der Waals surface area contributed by atoms with Gasteiger partial charge in [0.25, 0.3) is 0 Å². The van der Waals surface area contributed by atoms with Crippen LogP contribution in [-0.2, 0) is 0 Å². The van der Waals surface area contributed by atoms with Gasteiger partial charge in [-0.05, 0) is 36.2 Å². The van der Waals surface area contributed by atoms with Crippen LogP contribution >= 0.6 is 11.6 Å². The maximum Gasteiger partial charge on any atom is 0.337 e. The second kappa shape index (κ2) is 8.13. The molecule has 0 radical (unpaired) electrons. The van der Waals surface area contributed by atoms with Gasteiger partial charge >= 0.3 is 5.97 Å². The minimum atomic E-state index is -0.960. The summed E-state index contributed by atoms with van der Waals surface area (Å²) in [5.74, 6) is -0.367. The van der Waals surface area contributed by atoms with Crippen LogP contribution in [0.4, 0.5) is 5.69 Å². The fourth-order valence-corrected chi connectivity index (χ4v) is 3.83. The largest absolute Gasteiger partial charge is 0.478 e. The molecular formula is C23H21ClN2O3. The summed E-state index contributed by atoms with van der Waals surface area (Å²) in [6.45, 7) is 3.32. The molecule has 5 nitrogen and oxygen atoms in total. The van der Waals surface area contributed by atoms with Crippen LogP contribution < -0.4 is 9.64 Å². The van der Waals surface area contributed by atoms with Crippen molar-refractivity contribution in [1.82, 2.24) is 4.98 Å². The fourth-order valence-electron chi connectivity index (χ4n) is 3.58. The summed E-state index contributed by atoms with van der Waals surface area (Å²) < 4.78 is 5.97. The fraction of sp³-hybridized carbons (Fsp3) is 0.217. The van der Waals surface area contributed by atoms with Gasteiger partial charge in [-0.3, -0.25) is 0 Å². The number of aromatic nitrogens is 1. The van der Waals surface area contributed by atoms with Gasteiger partial charge in [0.2, 0.25) is 5.88 Å². The van der Waals surface area contributed by atoms with E-state index < -0.39 is 5.97 Å². The van der Waals surface area contributed by atoms with Crippen LogP contribution in [-0.4, -0.2) is 35.3 Å². The summed E-state index contributed by atoms with van der Waals surface area (Å²) in [6, 6.07) is 16.7. The second-order valence-corrected chi connectivity index (χ2v) is 7.57. The van der Waals surface area contributed by atoms with Crippen molar-refractivity contribution in [1.29, 1.82) is 0 Å². The van der Waals surface area contributed by atoms with E-state index >= 15 is 0 Å². The average molecular weight is 409 g/mol. The van der Waals surface area contributed by atoms with Gasteiger partial charge in [-0.2, -0.15) is 0 Å². The number of carbonyl (C=O) groups is 1. The monoisotopic (exact) mass is 408 g/mol. The molecule has 0 bridgehead atoms. The van der Waals surface area contributed by atoms with E-state index in [9.17, 15) is 9.90 Å². The highest BCUT2D eigenvalue weighted by Gasteiger charge is 2.27. The molecule has 1 fully saturated rings. The van der Waals surface area contributed by atoms with Crippen LogP contribution in [0, 0.1) is 6.92 Å². The first kappa shape index (κ1) is 19.3. The zero-order valence-electron chi connectivity index (χ0n) is 16.0. The molecular weight excluding hydrogens is 388 g/mol. The maximum absolute atomic E-state index is 12.0. The van der Waals surface area contributed by atoms with Gasteiger partial charge in [-0.15, -0.1) is 0 Å². The summed E-state index contributed by atoms with van der Waals surface area (Å²) in [4.78, 5) is 18.3. The van der Waals surface area contributed by atoms with Crippen molar-refractivity contribution >= 4 is 23.3 Å². The van der Waals surface area contributed by atoms with Gasteiger partial charge in [-0.25, -0.2) is 9.78 Å². The van der Waals surface area contributed by atoms with Crippen LogP contribution in [0.3, 0.4) is 0 Å². The third kappa shape index (κ3) is 4.20. The number of carboxylic acids is 1. The summed E-state index contributed by atoms with van der Waals surface area (Å²) in [6.07, 6.45) is 2.55. The molecule has 1 atom stereocenters. The highest BCUT2D eigenvalue weighted by molar-refractivity contribution is 6.33. The topological polar surface area (TPSA) is 62.7 Å². The summed E-state index contributed by atoms with van der Waals surface area (Å²) in [5, 5.41) is 10.4. The third-order valence-corrected chi connectivity index (χ3v) is 5.40. The Balaban J connectivity index is 1.56. The minimum absolute atomic E-state index is 0.0323. The van der Waals surface area contributed by atoms with Crippen molar-refractivity contribution in [3.8, 4) is 17.0 Å². The molecule has 1 aliphatic heterocycles. The number of ether oxygens (including phenoxy) is 1. The van der Waals surface area contributed by atoms with E-state index in [0.717, 1.165) is 29.7 Å². The Kier molecular flexibility index (Phi) is 5.41. The molecule has 0 aliphatic carbocycles. The first-order valence-corrected chi connectivity index (χ1v) is 9.85. The number of hydrogen-bond acceptors (Lipinski definition) is 4. The van der Waals surface area contributed by atoms with Crippen LogP contribution in [0.1, 0.15) is 22.3 Å². The number of carboxylic acid groups (broad SMARTS) is 1. The predicted molar refractivity (Wildman–Crippen MR) is 114 cm³/mol. The number of anilines is 1. The Bertz CT molecular complexity index is 1040. The van der Waals surface area contributed by atoms with E-state index in [1.807, 2.05) is 49.4 Å². The van der Waals surface area contributed by atoms with Gasteiger partial charge in [0, 0.05) is 35.8 Å². The number of rotatable bonds is 5. The molecule has 1 N–H and O–H groups in total. The smallest absolute Gasteiger partial charge is 0.337 e. The lowest BCUT2D eigenvalue weighted by Crippen LogP contribution is -2.26. The molecule has 2 aromatic carbocycles. The molecule has 1 aliphatic rings. The highest BCUT2D eigenvalue weighted by atomic mass is 35.5.